The molecule has 2 rings (SSSR count). The number of nitrogens with zero attached hydrogens (tertiary/aromatic N) is 3. The van der Waals surface area contributed by atoms with Gasteiger partial charge in [-0.25, -0.2) is 4.98 Å². The molecule has 5 nitrogen and oxygen atoms in total. The first-order valence-electron chi connectivity index (χ1n) is 7.61. The molecule has 1 atom stereocenters. The zero-order valence-corrected chi connectivity index (χ0v) is 14.0. The van der Waals surface area contributed by atoms with Gasteiger partial charge in [0.1, 0.15) is 0 Å². The lowest BCUT2D eigenvalue weighted by Gasteiger charge is -2.34. The Morgan fingerprint density at radius 3 is 2.76 bits per heavy atom. The number of aromatic nitrogens is 1. The zero-order chi connectivity index (χ0) is 15.4. The fourth-order valence-corrected chi connectivity index (χ4v) is 3.32. The van der Waals surface area contributed by atoms with Gasteiger partial charge in [0, 0.05) is 37.5 Å². The van der Waals surface area contributed by atoms with Crippen molar-refractivity contribution in [2.45, 2.75) is 39.3 Å². The smallest absolute Gasteiger partial charge is 0.225 e. The van der Waals surface area contributed by atoms with E-state index in [0.29, 0.717) is 6.54 Å². The van der Waals surface area contributed by atoms with Crippen LogP contribution in [0.3, 0.4) is 0 Å². The Bertz CT molecular complexity index is 468. The molecule has 0 bridgehead atoms. The molecule has 1 saturated heterocycles. The van der Waals surface area contributed by atoms with Gasteiger partial charge in [-0.1, -0.05) is 0 Å². The summed E-state index contributed by atoms with van der Waals surface area (Å²) in [5.41, 5.74) is 6.79. The van der Waals surface area contributed by atoms with Crippen LogP contribution in [0.25, 0.3) is 0 Å². The summed E-state index contributed by atoms with van der Waals surface area (Å²) in [7, 11) is 1.87. The summed E-state index contributed by atoms with van der Waals surface area (Å²) in [6.07, 6.45) is 1.87. The maximum Gasteiger partial charge on any atom is 0.225 e. The van der Waals surface area contributed by atoms with Crippen LogP contribution in [0.4, 0.5) is 0 Å². The molecule has 1 unspecified atom stereocenters. The third-order valence-electron chi connectivity index (χ3n) is 4.34. The molecule has 2 N–H and O–H groups in total. The zero-order valence-electron chi connectivity index (χ0n) is 13.2. The third kappa shape index (κ3) is 4.25. The number of carbonyl (C=O) groups excluding carboxylic acids is 1. The minimum atomic E-state index is 0.119. The molecule has 1 amide bonds. The van der Waals surface area contributed by atoms with Crippen molar-refractivity contribution in [1.82, 2.24) is 14.8 Å². The SMILES string of the molecule is Cc1nc(CN2CCC(C(=O)N(C)C(C)CN)CC2)cs1. The van der Waals surface area contributed by atoms with E-state index in [1.54, 1.807) is 11.3 Å². The van der Waals surface area contributed by atoms with Crippen LogP contribution in [0.15, 0.2) is 5.38 Å². The number of aryl methyl sites for hydroxylation is 1. The Morgan fingerprint density at radius 1 is 1.57 bits per heavy atom. The Balaban J connectivity index is 1.81. The first-order valence-corrected chi connectivity index (χ1v) is 8.49. The summed E-state index contributed by atoms with van der Waals surface area (Å²) < 4.78 is 0. The van der Waals surface area contributed by atoms with Crippen molar-refractivity contribution in [3.63, 3.8) is 0 Å². The number of rotatable bonds is 5. The van der Waals surface area contributed by atoms with Gasteiger partial charge in [-0.2, -0.15) is 0 Å². The fraction of sp³-hybridized carbons (Fsp3) is 0.733. The second kappa shape index (κ2) is 7.33. The van der Waals surface area contributed by atoms with E-state index in [1.165, 1.54) is 0 Å². The molecular weight excluding hydrogens is 284 g/mol. The number of nitrogens with two attached hydrogens (primary N) is 1. The quantitative estimate of drug-likeness (QED) is 0.894. The molecule has 6 heteroatoms. The highest BCUT2D eigenvalue weighted by atomic mass is 32.1. The Kier molecular flexibility index (Phi) is 5.72. The van der Waals surface area contributed by atoms with Crippen LogP contribution in [-0.4, -0.2) is 53.4 Å². The molecule has 1 aromatic heterocycles. The summed E-state index contributed by atoms with van der Waals surface area (Å²) in [4.78, 5) is 21.1. The predicted molar refractivity (Wildman–Crippen MR) is 86.1 cm³/mol. The van der Waals surface area contributed by atoms with Gasteiger partial charge in [0.2, 0.25) is 5.91 Å². The molecule has 2 heterocycles. The lowest BCUT2D eigenvalue weighted by atomic mass is 9.95. The fourth-order valence-electron chi connectivity index (χ4n) is 2.71. The second-order valence-corrected chi connectivity index (χ2v) is 7.00. The molecule has 0 spiro atoms. The van der Waals surface area contributed by atoms with Gasteiger partial charge < -0.3 is 10.6 Å². The number of hydrogen-bond acceptors (Lipinski definition) is 5. The average Bonchev–Trinajstić information content (AvgIpc) is 2.90. The summed E-state index contributed by atoms with van der Waals surface area (Å²) in [5, 5.41) is 3.25. The maximum absolute atomic E-state index is 12.4. The topological polar surface area (TPSA) is 62.5 Å². The Hall–Kier alpha value is -0.980. The van der Waals surface area contributed by atoms with E-state index in [1.807, 2.05) is 25.8 Å². The highest BCUT2D eigenvalue weighted by Crippen LogP contribution is 2.22. The number of hydrogen-bond donors (Lipinski definition) is 1. The minimum absolute atomic E-state index is 0.119. The van der Waals surface area contributed by atoms with E-state index in [9.17, 15) is 4.79 Å². The van der Waals surface area contributed by atoms with Gasteiger partial charge in [0.05, 0.1) is 10.7 Å². The lowest BCUT2D eigenvalue weighted by Crippen LogP contribution is -2.46. The van der Waals surface area contributed by atoms with E-state index in [4.69, 9.17) is 5.73 Å². The number of thiazole rings is 1. The summed E-state index contributed by atoms with van der Waals surface area (Å²) in [6.45, 7) is 7.39. The molecule has 0 aromatic carbocycles. The minimum Gasteiger partial charge on any atom is -0.342 e. The molecule has 1 aromatic rings. The van der Waals surface area contributed by atoms with Gasteiger partial charge >= 0.3 is 0 Å². The van der Waals surface area contributed by atoms with E-state index in [-0.39, 0.29) is 17.9 Å². The second-order valence-electron chi connectivity index (χ2n) is 5.94. The van der Waals surface area contributed by atoms with Gasteiger partial charge in [0.15, 0.2) is 0 Å². The Morgan fingerprint density at radius 2 is 2.24 bits per heavy atom. The van der Waals surface area contributed by atoms with Crippen LogP contribution in [-0.2, 0) is 11.3 Å². The first-order chi connectivity index (χ1) is 10.0. The first kappa shape index (κ1) is 16.4. The monoisotopic (exact) mass is 310 g/mol. The molecule has 0 radical (unpaired) electrons. The van der Waals surface area contributed by atoms with E-state index in [2.05, 4.69) is 15.3 Å². The average molecular weight is 310 g/mol. The molecule has 1 aliphatic rings. The van der Waals surface area contributed by atoms with Crippen LogP contribution < -0.4 is 5.73 Å². The highest BCUT2D eigenvalue weighted by Gasteiger charge is 2.28. The van der Waals surface area contributed by atoms with Crippen LogP contribution in [0.5, 0.6) is 0 Å². The summed E-state index contributed by atoms with van der Waals surface area (Å²) in [6, 6.07) is 0.119. The van der Waals surface area contributed by atoms with Gasteiger partial charge in [-0.3, -0.25) is 9.69 Å². The van der Waals surface area contributed by atoms with E-state index >= 15 is 0 Å². The number of carbonyl (C=O) groups is 1. The third-order valence-corrected chi connectivity index (χ3v) is 5.16. The molecule has 1 aliphatic heterocycles. The Labute approximate surface area is 131 Å². The van der Waals surface area contributed by atoms with Crippen molar-refractivity contribution in [3.05, 3.63) is 16.1 Å². The van der Waals surface area contributed by atoms with Gasteiger partial charge in [-0.05, 0) is 39.8 Å². The normalized spacial score (nSPS) is 18.7. The summed E-state index contributed by atoms with van der Waals surface area (Å²) in [5.74, 6) is 0.398. The van der Waals surface area contributed by atoms with Crippen LogP contribution in [0.2, 0.25) is 0 Å². The predicted octanol–water partition coefficient (Wildman–Crippen LogP) is 1.47. The standard InChI is InChI=1S/C15H26N4OS/c1-11(8-16)18(3)15(20)13-4-6-19(7-5-13)9-14-10-21-12(2)17-14/h10-11,13H,4-9,16H2,1-3H3. The molecular formula is C15H26N4OS. The number of likely N-dealkylation sites (tertiary alicyclic amines) is 1. The maximum atomic E-state index is 12.4. The van der Waals surface area contributed by atoms with Crippen molar-refractivity contribution in [2.24, 2.45) is 11.7 Å². The van der Waals surface area contributed by atoms with Crippen LogP contribution in [0, 0.1) is 12.8 Å². The van der Waals surface area contributed by atoms with Crippen molar-refractivity contribution in [2.75, 3.05) is 26.7 Å². The number of piperidine rings is 1. The molecule has 118 valence electrons. The summed E-state index contributed by atoms with van der Waals surface area (Å²) >= 11 is 1.70. The van der Waals surface area contributed by atoms with Crippen molar-refractivity contribution in [3.8, 4) is 0 Å². The highest BCUT2D eigenvalue weighted by molar-refractivity contribution is 7.09. The van der Waals surface area contributed by atoms with Gasteiger partial charge in [0.25, 0.3) is 0 Å². The van der Waals surface area contributed by atoms with Crippen molar-refractivity contribution < 1.29 is 4.79 Å². The molecule has 21 heavy (non-hydrogen) atoms. The molecule has 0 saturated carbocycles. The molecule has 0 aliphatic carbocycles. The van der Waals surface area contributed by atoms with E-state index < -0.39 is 0 Å². The largest absolute Gasteiger partial charge is 0.342 e. The molecule has 1 fully saturated rings. The van der Waals surface area contributed by atoms with Crippen LogP contribution >= 0.6 is 11.3 Å². The van der Waals surface area contributed by atoms with E-state index in [0.717, 1.165) is 43.2 Å². The lowest BCUT2D eigenvalue weighted by molar-refractivity contribution is -0.137. The van der Waals surface area contributed by atoms with Gasteiger partial charge in [-0.15, -0.1) is 11.3 Å². The van der Waals surface area contributed by atoms with Crippen molar-refractivity contribution >= 4 is 17.2 Å². The number of likely N-dealkylation sites (N-methyl/N-ethyl adjacent to an activating group) is 1. The van der Waals surface area contributed by atoms with Crippen molar-refractivity contribution in [1.29, 1.82) is 0 Å². The number of amides is 1. The van der Waals surface area contributed by atoms with Crippen LogP contribution in [0.1, 0.15) is 30.5 Å².